The van der Waals surface area contributed by atoms with Crippen molar-refractivity contribution in [1.82, 2.24) is 10.2 Å². The Morgan fingerprint density at radius 2 is 2.18 bits per heavy atom. The molecule has 0 aromatic rings. The van der Waals surface area contributed by atoms with Gasteiger partial charge in [0.25, 0.3) is 0 Å². The molecule has 0 aromatic heterocycles. The first kappa shape index (κ1) is 13.5. The lowest BCUT2D eigenvalue weighted by molar-refractivity contribution is -0.144. The number of urea groups is 1. The minimum absolute atomic E-state index is 0.298. The van der Waals surface area contributed by atoms with Crippen LogP contribution in [0.2, 0.25) is 0 Å². The summed E-state index contributed by atoms with van der Waals surface area (Å²) in [6, 6.07) is -0.298. The van der Waals surface area contributed by atoms with Gasteiger partial charge in [-0.25, -0.2) is 9.59 Å². The number of carboxylic acids is 1. The number of nitrogens with one attached hydrogen (secondary N) is 1. The zero-order chi connectivity index (χ0) is 12.9. The Hall–Kier alpha value is -1.52. The van der Waals surface area contributed by atoms with Crippen LogP contribution < -0.4 is 5.32 Å². The third-order valence-electron chi connectivity index (χ3n) is 2.95. The maximum absolute atomic E-state index is 11.9. The highest BCUT2D eigenvalue weighted by molar-refractivity contribution is 5.86. The van der Waals surface area contributed by atoms with Crippen LogP contribution in [0.5, 0.6) is 0 Å². The van der Waals surface area contributed by atoms with Crippen LogP contribution in [0.15, 0.2) is 12.2 Å². The topological polar surface area (TPSA) is 69.6 Å². The number of amides is 2. The Bertz CT molecular complexity index is 328. The van der Waals surface area contributed by atoms with E-state index in [0.717, 1.165) is 6.42 Å². The molecule has 0 spiro atoms. The average molecular weight is 240 g/mol. The summed E-state index contributed by atoms with van der Waals surface area (Å²) in [5.41, 5.74) is -1.17. The predicted molar refractivity (Wildman–Crippen MR) is 64.8 cm³/mol. The summed E-state index contributed by atoms with van der Waals surface area (Å²) >= 11 is 0. The van der Waals surface area contributed by atoms with Gasteiger partial charge in [0, 0.05) is 13.1 Å². The number of rotatable bonds is 4. The van der Waals surface area contributed by atoms with Crippen molar-refractivity contribution in [2.75, 3.05) is 13.1 Å². The Balaban J connectivity index is 2.63. The van der Waals surface area contributed by atoms with Gasteiger partial charge in [-0.05, 0) is 19.8 Å². The Morgan fingerprint density at radius 1 is 1.47 bits per heavy atom. The predicted octanol–water partition coefficient (Wildman–Crippen LogP) is 1.60. The summed E-state index contributed by atoms with van der Waals surface area (Å²) in [7, 11) is 0. The number of aliphatic carboxylic acids is 1. The summed E-state index contributed by atoms with van der Waals surface area (Å²) in [4.78, 5) is 24.7. The maximum atomic E-state index is 11.9. The first-order valence-corrected chi connectivity index (χ1v) is 5.95. The summed E-state index contributed by atoms with van der Waals surface area (Å²) < 4.78 is 0. The van der Waals surface area contributed by atoms with Gasteiger partial charge in [0.1, 0.15) is 5.54 Å². The summed E-state index contributed by atoms with van der Waals surface area (Å²) in [6.45, 7) is 4.64. The maximum Gasteiger partial charge on any atom is 0.329 e. The molecule has 1 aliphatic heterocycles. The molecule has 1 atom stereocenters. The molecule has 0 saturated heterocycles. The smallest absolute Gasteiger partial charge is 0.329 e. The number of carbonyl (C=O) groups is 2. The van der Waals surface area contributed by atoms with E-state index < -0.39 is 11.5 Å². The summed E-state index contributed by atoms with van der Waals surface area (Å²) in [5.74, 6) is -0.986. The van der Waals surface area contributed by atoms with Gasteiger partial charge in [0.2, 0.25) is 0 Å². The SMILES string of the molecule is CCCC(C)(NC(=O)N1CC=CCC1)C(=O)O. The molecule has 0 aliphatic carbocycles. The van der Waals surface area contributed by atoms with Gasteiger partial charge in [0.05, 0.1) is 0 Å². The number of carboxylic acid groups (broad SMARTS) is 1. The fraction of sp³-hybridized carbons (Fsp3) is 0.667. The van der Waals surface area contributed by atoms with Crippen LogP contribution >= 0.6 is 0 Å². The lowest BCUT2D eigenvalue weighted by Crippen LogP contribution is -2.56. The molecular weight excluding hydrogens is 220 g/mol. The quantitative estimate of drug-likeness (QED) is 0.733. The highest BCUT2D eigenvalue weighted by atomic mass is 16.4. The summed E-state index contributed by atoms with van der Waals surface area (Å²) in [6.07, 6.45) is 5.90. The highest BCUT2D eigenvalue weighted by Crippen LogP contribution is 2.14. The molecule has 5 heteroatoms. The zero-order valence-electron chi connectivity index (χ0n) is 10.4. The van der Waals surface area contributed by atoms with E-state index in [1.54, 1.807) is 11.8 Å². The van der Waals surface area contributed by atoms with Gasteiger partial charge < -0.3 is 15.3 Å². The van der Waals surface area contributed by atoms with Crippen LogP contribution in [-0.4, -0.2) is 40.6 Å². The van der Waals surface area contributed by atoms with Crippen LogP contribution in [0.25, 0.3) is 0 Å². The molecule has 0 bridgehead atoms. The van der Waals surface area contributed by atoms with Crippen molar-refractivity contribution >= 4 is 12.0 Å². The highest BCUT2D eigenvalue weighted by Gasteiger charge is 2.35. The van der Waals surface area contributed by atoms with Crippen molar-refractivity contribution in [3.05, 3.63) is 12.2 Å². The standard InChI is InChI=1S/C12H20N2O3/c1-3-7-12(2,10(15)16)13-11(17)14-8-5-4-6-9-14/h4-5H,3,6-9H2,1-2H3,(H,13,17)(H,15,16). The Morgan fingerprint density at radius 3 is 2.65 bits per heavy atom. The van der Waals surface area contributed by atoms with E-state index in [9.17, 15) is 9.59 Å². The van der Waals surface area contributed by atoms with Crippen molar-refractivity contribution < 1.29 is 14.7 Å². The normalized spacial score (nSPS) is 18.6. The van der Waals surface area contributed by atoms with E-state index in [1.165, 1.54) is 0 Å². The number of carbonyl (C=O) groups excluding carboxylic acids is 1. The van der Waals surface area contributed by atoms with Gasteiger partial charge in [-0.2, -0.15) is 0 Å². The second kappa shape index (κ2) is 5.70. The molecule has 0 fully saturated rings. The molecule has 0 radical (unpaired) electrons. The monoisotopic (exact) mass is 240 g/mol. The second-order valence-corrected chi connectivity index (χ2v) is 4.52. The first-order chi connectivity index (χ1) is 7.99. The van der Waals surface area contributed by atoms with Gasteiger partial charge in [-0.15, -0.1) is 0 Å². The van der Waals surface area contributed by atoms with Crippen molar-refractivity contribution in [2.24, 2.45) is 0 Å². The van der Waals surface area contributed by atoms with Gasteiger partial charge in [0.15, 0.2) is 0 Å². The van der Waals surface area contributed by atoms with Crippen molar-refractivity contribution in [1.29, 1.82) is 0 Å². The number of hydrogen-bond acceptors (Lipinski definition) is 2. The number of nitrogens with zero attached hydrogens (tertiary/aromatic N) is 1. The third-order valence-corrected chi connectivity index (χ3v) is 2.95. The molecule has 1 aliphatic rings. The molecule has 2 amide bonds. The largest absolute Gasteiger partial charge is 0.480 e. The molecule has 5 nitrogen and oxygen atoms in total. The Kier molecular flexibility index (Phi) is 4.54. The van der Waals surface area contributed by atoms with Crippen LogP contribution in [-0.2, 0) is 4.79 Å². The fourth-order valence-corrected chi connectivity index (χ4v) is 1.86. The average Bonchev–Trinajstić information content (AvgIpc) is 2.30. The fourth-order valence-electron chi connectivity index (χ4n) is 1.86. The lowest BCUT2D eigenvalue weighted by atomic mass is 9.96. The molecule has 2 N–H and O–H groups in total. The molecule has 1 heterocycles. The first-order valence-electron chi connectivity index (χ1n) is 5.95. The Labute approximate surface area is 101 Å². The minimum atomic E-state index is -1.17. The van der Waals surface area contributed by atoms with Gasteiger partial charge in [-0.3, -0.25) is 0 Å². The van der Waals surface area contributed by atoms with Crippen LogP contribution in [0.1, 0.15) is 33.1 Å². The summed E-state index contributed by atoms with van der Waals surface area (Å²) in [5, 5.41) is 11.8. The van der Waals surface area contributed by atoms with E-state index in [1.807, 2.05) is 19.1 Å². The van der Waals surface area contributed by atoms with E-state index in [4.69, 9.17) is 5.11 Å². The molecular formula is C12H20N2O3. The lowest BCUT2D eigenvalue weighted by Gasteiger charge is -2.31. The van der Waals surface area contributed by atoms with Crippen molar-refractivity contribution in [3.8, 4) is 0 Å². The van der Waals surface area contributed by atoms with Gasteiger partial charge >= 0.3 is 12.0 Å². The molecule has 1 unspecified atom stereocenters. The molecule has 1 rings (SSSR count). The van der Waals surface area contributed by atoms with E-state index in [-0.39, 0.29) is 6.03 Å². The molecule has 17 heavy (non-hydrogen) atoms. The van der Waals surface area contributed by atoms with Crippen molar-refractivity contribution in [3.63, 3.8) is 0 Å². The van der Waals surface area contributed by atoms with Crippen LogP contribution in [0.4, 0.5) is 4.79 Å². The third kappa shape index (κ3) is 3.47. The molecule has 0 aromatic carbocycles. The van der Waals surface area contributed by atoms with E-state index in [2.05, 4.69) is 5.32 Å². The number of hydrogen-bond donors (Lipinski definition) is 2. The van der Waals surface area contributed by atoms with E-state index in [0.29, 0.717) is 25.9 Å². The van der Waals surface area contributed by atoms with E-state index >= 15 is 0 Å². The zero-order valence-corrected chi connectivity index (χ0v) is 10.4. The van der Waals surface area contributed by atoms with Crippen molar-refractivity contribution in [2.45, 2.75) is 38.6 Å². The van der Waals surface area contributed by atoms with Crippen LogP contribution in [0.3, 0.4) is 0 Å². The van der Waals surface area contributed by atoms with Gasteiger partial charge in [-0.1, -0.05) is 25.5 Å². The molecule has 96 valence electrons. The minimum Gasteiger partial charge on any atom is -0.480 e. The van der Waals surface area contributed by atoms with Crippen LogP contribution in [0, 0.1) is 0 Å². The molecule has 0 saturated carbocycles. The second-order valence-electron chi connectivity index (χ2n) is 4.52.